The van der Waals surface area contributed by atoms with E-state index in [1.165, 1.54) is 88.2 Å². The zero-order valence-electron chi connectivity index (χ0n) is 21.4. The highest BCUT2D eigenvalue weighted by Gasteiger charge is 2.05. The summed E-state index contributed by atoms with van der Waals surface area (Å²) in [5.41, 5.74) is 5.78. The third-order valence-electron chi connectivity index (χ3n) is 6.61. The molecule has 0 fully saturated rings. The molecule has 0 N–H and O–H groups in total. The van der Waals surface area contributed by atoms with Crippen molar-refractivity contribution >= 4 is 0 Å². The molecular weight excluding hydrogens is 414 g/mol. The van der Waals surface area contributed by atoms with Crippen LogP contribution < -0.4 is 0 Å². The van der Waals surface area contributed by atoms with Crippen LogP contribution in [0.4, 0.5) is 0 Å². The largest absolute Gasteiger partial charge is 0.256 e. The number of aryl methyl sites for hydroxylation is 2. The van der Waals surface area contributed by atoms with Crippen LogP contribution in [0, 0.1) is 0 Å². The minimum absolute atomic E-state index is 0.793. The smallest absolute Gasteiger partial charge is 0.159 e. The average molecular weight is 458 g/mol. The third kappa shape index (κ3) is 9.00. The minimum atomic E-state index is 0.793. The Labute approximate surface area is 207 Å². The Balaban J connectivity index is 1.45. The van der Waals surface area contributed by atoms with Gasteiger partial charge in [-0.05, 0) is 42.9 Å². The van der Waals surface area contributed by atoms with E-state index in [1.54, 1.807) is 0 Å². The number of aromatic nitrogens is 3. The second-order valence-electron chi connectivity index (χ2n) is 9.58. The molecule has 3 heteroatoms. The van der Waals surface area contributed by atoms with E-state index in [2.05, 4.69) is 60.2 Å². The zero-order valence-corrected chi connectivity index (χ0v) is 21.4. The first-order valence-electron chi connectivity index (χ1n) is 13.7. The van der Waals surface area contributed by atoms with Crippen molar-refractivity contribution in [2.75, 3.05) is 0 Å². The molecule has 3 rings (SSSR count). The van der Waals surface area contributed by atoms with E-state index in [9.17, 15) is 0 Å². The number of unbranched alkanes of at least 4 members (excludes halogenated alkanes) is 10. The highest BCUT2D eigenvalue weighted by Crippen LogP contribution is 2.22. The lowest BCUT2D eigenvalue weighted by Gasteiger charge is -2.06. The molecule has 2 heterocycles. The minimum Gasteiger partial charge on any atom is -0.256 e. The van der Waals surface area contributed by atoms with Crippen molar-refractivity contribution in [1.29, 1.82) is 0 Å². The molecule has 2 aromatic heterocycles. The van der Waals surface area contributed by atoms with Crippen LogP contribution in [0.25, 0.3) is 22.6 Å². The van der Waals surface area contributed by atoms with Gasteiger partial charge in [-0.15, -0.1) is 0 Å². The summed E-state index contributed by atoms with van der Waals surface area (Å²) in [6.45, 7) is 4.53. The fourth-order valence-electron chi connectivity index (χ4n) is 4.39. The predicted octanol–water partition coefficient (Wildman–Crippen LogP) is 9.01. The third-order valence-corrected chi connectivity index (χ3v) is 6.61. The molecule has 182 valence electrons. The molecule has 1 aromatic carbocycles. The Kier molecular flexibility index (Phi) is 11.8. The summed E-state index contributed by atoms with van der Waals surface area (Å²) in [6, 6.07) is 12.8. The van der Waals surface area contributed by atoms with Crippen LogP contribution in [-0.2, 0) is 12.8 Å². The van der Waals surface area contributed by atoms with Crippen molar-refractivity contribution in [2.45, 2.75) is 104 Å². The van der Waals surface area contributed by atoms with Crippen molar-refractivity contribution in [2.24, 2.45) is 0 Å². The number of pyridine rings is 1. The van der Waals surface area contributed by atoms with Gasteiger partial charge >= 0.3 is 0 Å². The van der Waals surface area contributed by atoms with Gasteiger partial charge in [-0.2, -0.15) is 0 Å². The van der Waals surface area contributed by atoms with Gasteiger partial charge in [0.15, 0.2) is 5.82 Å². The summed E-state index contributed by atoms with van der Waals surface area (Å²) in [5.74, 6) is 0.793. The van der Waals surface area contributed by atoms with E-state index in [0.717, 1.165) is 35.5 Å². The lowest BCUT2D eigenvalue weighted by Crippen LogP contribution is -1.94. The molecule has 0 unspecified atom stereocenters. The maximum Gasteiger partial charge on any atom is 0.159 e. The molecule has 0 spiro atoms. The quantitative estimate of drug-likeness (QED) is 0.201. The molecule has 0 bridgehead atoms. The highest BCUT2D eigenvalue weighted by molar-refractivity contribution is 5.65. The standard InChI is InChI=1S/C31H43N3/c1-3-5-7-9-10-12-14-16-27-24-33-31(34-25-27)29-20-18-28(19-21-29)30-22-17-26(23-32-30)15-13-11-8-6-4-2/h17-25H,3-16H2,1-2H3. The second kappa shape index (κ2) is 15.4. The van der Waals surface area contributed by atoms with Crippen LogP contribution in [0.2, 0.25) is 0 Å². The summed E-state index contributed by atoms with van der Waals surface area (Å²) >= 11 is 0. The van der Waals surface area contributed by atoms with Crippen LogP contribution in [0.15, 0.2) is 55.0 Å². The lowest BCUT2D eigenvalue weighted by atomic mass is 10.0. The molecule has 34 heavy (non-hydrogen) atoms. The number of hydrogen-bond donors (Lipinski definition) is 0. The van der Waals surface area contributed by atoms with Gasteiger partial charge in [-0.25, -0.2) is 9.97 Å². The van der Waals surface area contributed by atoms with Gasteiger partial charge in [-0.3, -0.25) is 4.98 Å². The van der Waals surface area contributed by atoms with Gasteiger partial charge in [0.25, 0.3) is 0 Å². The number of benzene rings is 1. The number of hydrogen-bond acceptors (Lipinski definition) is 3. The van der Waals surface area contributed by atoms with E-state index in [1.807, 2.05) is 18.6 Å². The highest BCUT2D eigenvalue weighted by atomic mass is 14.9. The van der Waals surface area contributed by atoms with Gasteiger partial charge in [0.2, 0.25) is 0 Å². The normalized spacial score (nSPS) is 11.1. The molecule has 0 saturated carbocycles. The van der Waals surface area contributed by atoms with E-state index < -0.39 is 0 Å². The van der Waals surface area contributed by atoms with Crippen molar-refractivity contribution in [1.82, 2.24) is 15.0 Å². The summed E-state index contributed by atoms with van der Waals surface area (Å²) in [6.07, 6.45) is 24.1. The molecule has 3 nitrogen and oxygen atoms in total. The SMILES string of the molecule is CCCCCCCCCc1cnc(-c2ccc(-c3ccc(CCCCCCC)cn3)cc2)nc1. The van der Waals surface area contributed by atoms with Crippen LogP contribution in [0.5, 0.6) is 0 Å². The Morgan fingerprint density at radius 1 is 0.471 bits per heavy atom. The molecule has 0 radical (unpaired) electrons. The Morgan fingerprint density at radius 3 is 1.53 bits per heavy atom. The molecular formula is C31H43N3. The molecule has 0 aliphatic carbocycles. The molecule has 0 saturated heterocycles. The van der Waals surface area contributed by atoms with Crippen LogP contribution >= 0.6 is 0 Å². The maximum atomic E-state index is 4.70. The fourth-order valence-corrected chi connectivity index (χ4v) is 4.39. The number of rotatable bonds is 16. The summed E-state index contributed by atoms with van der Waals surface area (Å²) < 4.78 is 0. The molecule has 0 aliphatic rings. The molecule has 0 atom stereocenters. The van der Waals surface area contributed by atoms with E-state index in [-0.39, 0.29) is 0 Å². The first-order valence-corrected chi connectivity index (χ1v) is 13.7. The van der Waals surface area contributed by atoms with E-state index >= 15 is 0 Å². The summed E-state index contributed by atoms with van der Waals surface area (Å²) in [7, 11) is 0. The van der Waals surface area contributed by atoms with Crippen LogP contribution in [0.1, 0.15) is 102 Å². The Bertz CT molecular complexity index is 914. The second-order valence-corrected chi connectivity index (χ2v) is 9.58. The van der Waals surface area contributed by atoms with Crippen LogP contribution in [-0.4, -0.2) is 15.0 Å². The number of nitrogens with zero attached hydrogens (tertiary/aromatic N) is 3. The summed E-state index contributed by atoms with van der Waals surface area (Å²) in [4.78, 5) is 13.9. The van der Waals surface area contributed by atoms with Crippen molar-refractivity contribution in [3.8, 4) is 22.6 Å². The Hall–Kier alpha value is -2.55. The predicted molar refractivity (Wildman–Crippen MR) is 145 cm³/mol. The van der Waals surface area contributed by atoms with Gasteiger partial charge in [-0.1, -0.05) is 108 Å². The molecule has 0 amide bonds. The van der Waals surface area contributed by atoms with Gasteiger partial charge in [0.05, 0.1) is 5.69 Å². The maximum absolute atomic E-state index is 4.70. The van der Waals surface area contributed by atoms with Gasteiger partial charge < -0.3 is 0 Å². The topological polar surface area (TPSA) is 38.7 Å². The van der Waals surface area contributed by atoms with Gasteiger partial charge in [0.1, 0.15) is 0 Å². The fraction of sp³-hybridized carbons (Fsp3) is 0.516. The molecule has 0 aliphatic heterocycles. The van der Waals surface area contributed by atoms with Crippen LogP contribution in [0.3, 0.4) is 0 Å². The first-order chi connectivity index (χ1) is 16.8. The first kappa shape index (κ1) is 26.1. The zero-order chi connectivity index (χ0) is 23.8. The summed E-state index contributed by atoms with van der Waals surface area (Å²) in [5, 5.41) is 0. The average Bonchev–Trinajstić information content (AvgIpc) is 2.89. The van der Waals surface area contributed by atoms with Crippen molar-refractivity contribution < 1.29 is 0 Å². The van der Waals surface area contributed by atoms with Crippen molar-refractivity contribution in [3.63, 3.8) is 0 Å². The lowest BCUT2D eigenvalue weighted by molar-refractivity contribution is 0.589. The molecule has 3 aromatic rings. The van der Waals surface area contributed by atoms with E-state index in [4.69, 9.17) is 4.98 Å². The van der Waals surface area contributed by atoms with Gasteiger partial charge in [0, 0.05) is 29.7 Å². The Morgan fingerprint density at radius 2 is 0.971 bits per heavy atom. The monoisotopic (exact) mass is 457 g/mol. The van der Waals surface area contributed by atoms with Crippen molar-refractivity contribution in [3.05, 3.63) is 66.1 Å². The van der Waals surface area contributed by atoms with E-state index in [0.29, 0.717) is 0 Å².